The van der Waals surface area contributed by atoms with Crippen LogP contribution in [0, 0.1) is 6.92 Å². The number of rotatable bonds is 5. The molecule has 1 N–H and O–H groups in total. The molecule has 1 heterocycles. The molecule has 5 nitrogen and oxygen atoms in total. The number of benzene rings is 2. The number of carbonyl (C=O) groups excluding carboxylic acids is 2. The highest BCUT2D eigenvalue weighted by molar-refractivity contribution is 5.95. The van der Waals surface area contributed by atoms with Crippen molar-refractivity contribution in [2.75, 3.05) is 25.5 Å². The van der Waals surface area contributed by atoms with Crippen molar-refractivity contribution in [3.63, 3.8) is 0 Å². The van der Waals surface area contributed by atoms with Gasteiger partial charge in [-0.15, -0.1) is 0 Å². The Labute approximate surface area is 161 Å². The molecule has 0 aliphatic carbocycles. The SMILES string of the molecule is Cc1ccc(NC(=O)CN(C)C(=O)C(C)N2CCc3ccccc3C2)cc1. The van der Waals surface area contributed by atoms with Crippen LogP contribution < -0.4 is 5.32 Å². The predicted molar refractivity (Wildman–Crippen MR) is 107 cm³/mol. The predicted octanol–water partition coefficient (Wildman–Crippen LogP) is 2.84. The third kappa shape index (κ3) is 4.74. The lowest BCUT2D eigenvalue weighted by Gasteiger charge is -2.34. The highest BCUT2D eigenvalue weighted by Gasteiger charge is 2.27. The summed E-state index contributed by atoms with van der Waals surface area (Å²) in [5.74, 6) is -0.223. The minimum absolute atomic E-state index is 0.0339. The van der Waals surface area contributed by atoms with Gasteiger partial charge in [0.1, 0.15) is 0 Å². The minimum atomic E-state index is -0.254. The van der Waals surface area contributed by atoms with Crippen LogP contribution in [0.3, 0.4) is 0 Å². The molecule has 0 saturated carbocycles. The molecule has 27 heavy (non-hydrogen) atoms. The Hall–Kier alpha value is -2.66. The third-order valence-electron chi connectivity index (χ3n) is 5.16. The lowest BCUT2D eigenvalue weighted by atomic mass is 9.98. The van der Waals surface area contributed by atoms with Crippen LogP contribution in [-0.2, 0) is 22.6 Å². The number of anilines is 1. The number of fused-ring (bicyclic) bond motifs is 1. The Morgan fingerprint density at radius 1 is 1.11 bits per heavy atom. The van der Waals surface area contributed by atoms with Gasteiger partial charge in [-0.3, -0.25) is 14.5 Å². The summed E-state index contributed by atoms with van der Waals surface area (Å²) in [6.45, 7) is 5.59. The Kier molecular flexibility index (Phi) is 5.91. The molecule has 0 spiro atoms. The van der Waals surface area contributed by atoms with Crippen molar-refractivity contribution in [3.8, 4) is 0 Å². The molecule has 0 saturated heterocycles. The summed E-state index contributed by atoms with van der Waals surface area (Å²) < 4.78 is 0. The number of likely N-dealkylation sites (N-methyl/N-ethyl adjacent to an activating group) is 1. The van der Waals surface area contributed by atoms with Crippen molar-refractivity contribution in [1.82, 2.24) is 9.80 Å². The molecule has 0 bridgehead atoms. The molecule has 0 fully saturated rings. The van der Waals surface area contributed by atoms with Gasteiger partial charge in [-0.1, -0.05) is 42.0 Å². The van der Waals surface area contributed by atoms with Gasteiger partial charge < -0.3 is 10.2 Å². The standard InChI is InChI=1S/C22H27N3O2/c1-16-8-10-20(11-9-16)23-21(26)15-24(3)22(27)17(2)25-13-12-18-6-4-5-7-19(18)14-25/h4-11,17H,12-15H2,1-3H3,(H,23,26). The second-order valence-corrected chi connectivity index (χ2v) is 7.27. The van der Waals surface area contributed by atoms with Gasteiger partial charge in [0.15, 0.2) is 0 Å². The molecular formula is C22H27N3O2. The first-order chi connectivity index (χ1) is 12.9. The number of aryl methyl sites for hydroxylation is 1. The van der Waals surface area contributed by atoms with Crippen molar-refractivity contribution in [3.05, 3.63) is 65.2 Å². The van der Waals surface area contributed by atoms with E-state index in [0.717, 1.165) is 30.8 Å². The quantitative estimate of drug-likeness (QED) is 0.886. The van der Waals surface area contributed by atoms with E-state index in [4.69, 9.17) is 0 Å². The Balaban J connectivity index is 1.55. The third-order valence-corrected chi connectivity index (χ3v) is 5.16. The van der Waals surface area contributed by atoms with Crippen molar-refractivity contribution in [2.45, 2.75) is 32.9 Å². The van der Waals surface area contributed by atoms with E-state index < -0.39 is 0 Å². The van der Waals surface area contributed by atoms with E-state index in [1.165, 1.54) is 16.0 Å². The highest BCUT2D eigenvalue weighted by atomic mass is 16.2. The van der Waals surface area contributed by atoms with Gasteiger partial charge in [-0.2, -0.15) is 0 Å². The van der Waals surface area contributed by atoms with Gasteiger partial charge in [0.25, 0.3) is 0 Å². The largest absolute Gasteiger partial charge is 0.335 e. The highest BCUT2D eigenvalue weighted by Crippen LogP contribution is 2.20. The summed E-state index contributed by atoms with van der Waals surface area (Å²) in [5.41, 5.74) is 4.52. The van der Waals surface area contributed by atoms with Crippen LogP contribution in [0.5, 0.6) is 0 Å². The van der Waals surface area contributed by atoms with E-state index in [-0.39, 0.29) is 24.4 Å². The fraction of sp³-hybridized carbons (Fsp3) is 0.364. The molecule has 1 atom stereocenters. The lowest BCUT2D eigenvalue weighted by Crippen LogP contribution is -2.49. The summed E-state index contributed by atoms with van der Waals surface area (Å²) >= 11 is 0. The Morgan fingerprint density at radius 2 is 1.78 bits per heavy atom. The van der Waals surface area contributed by atoms with E-state index in [2.05, 4.69) is 28.4 Å². The first kappa shape index (κ1) is 19.1. The average molecular weight is 365 g/mol. The molecule has 1 unspecified atom stereocenters. The van der Waals surface area contributed by atoms with Crippen LogP contribution >= 0.6 is 0 Å². The maximum Gasteiger partial charge on any atom is 0.243 e. The molecule has 1 aliphatic rings. The van der Waals surface area contributed by atoms with Crippen LogP contribution in [0.1, 0.15) is 23.6 Å². The normalized spacial score (nSPS) is 14.9. The average Bonchev–Trinajstić information content (AvgIpc) is 2.68. The molecule has 1 aliphatic heterocycles. The first-order valence-electron chi connectivity index (χ1n) is 9.36. The number of hydrogen-bond donors (Lipinski definition) is 1. The molecule has 5 heteroatoms. The van der Waals surface area contributed by atoms with Crippen LogP contribution in [-0.4, -0.2) is 47.8 Å². The number of hydrogen-bond acceptors (Lipinski definition) is 3. The van der Waals surface area contributed by atoms with Gasteiger partial charge in [0.05, 0.1) is 12.6 Å². The second-order valence-electron chi connectivity index (χ2n) is 7.27. The number of nitrogens with zero attached hydrogens (tertiary/aromatic N) is 2. The molecule has 142 valence electrons. The van der Waals surface area contributed by atoms with Gasteiger partial charge in [-0.05, 0) is 43.5 Å². The maximum absolute atomic E-state index is 12.8. The topological polar surface area (TPSA) is 52.7 Å². The Bertz CT molecular complexity index is 817. The van der Waals surface area contributed by atoms with Crippen molar-refractivity contribution >= 4 is 17.5 Å². The number of nitrogens with one attached hydrogen (secondary N) is 1. The molecule has 2 aromatic carbocycles. The van der Waals surface area contributed by atoms with E-state index in [1.807, 2.05) is 44.2 Å². The first-order valence-corrected chi connectivity index (χ1v) is 9.36. The van der Waals surface area contributed by atoms with E-state index in [9.17, 15) is 9.59 Å². The fourth-order valence-corrected chi connectivity index (χ4v) is 3.45. The zero-order valence-corrected chi connectivity index (χ0v) is 16.2. The molecular weight excluding hydrogens is 338 g/mol. The molecule has 2 amide bonds. The van der Waals surface area contributed by atoms with E-state index >= 15 is 0 Å². The second kappa shape index (κ2) is 8.35. The summed E-state index contributed by atoms with van der Waals surface area (Å²) in [7, 11) is 1.69. The van der Waals surface area contributed by atoms with Crippen LogP contribution in [0.15, 0.2) is 48.5 Å². The van der Waals surface area contributed by atoms with Crippen molar-refractivity contribution in [1.29, 1.82) is 0 Å². The monoisotopic (exact) mass is 365 g/mol. The van der Waals surface area contributed by atoms with Gasteiger partial charge in [0.2, 0.25) is 11.8 Å². The number of carbonyl (C=O) groups is 2. The molecule has 0 aromatic heterocycles. The van der Waals surface area contributed by atoms with Crippen LogP contribution in [0.25, 0.3) is 0 Å². The fourth-order valence-electron chi connectivity index (χ4n) is 3.45. The minimum Gasteiger partial charge on any atom is -0.335 e. The van der Waals surface area contributed by atoms with Crippen molar-refractivity contribution in [2.24, 2.45) is 0 Å². The van der Waals surface area contributed by atoms with E-state index in [0.29, 0.717) is 0 Å². The van der Waals surface area contributed by atoms with Gasteiger partial charge in [0, 0.05) is 25.8 Å². The number of amides is 2. The summed E-state index contributed by atoms with van der Waals surface area (Å²) in [6, 6.07) is 15.7. The molecule has 3 rings (SSSR count). The summed E-state index contributed by atoms with van der Waals surface area (Å²) in [6.07, 6.45) is 0.950. The summed E-state index contributed by atoms with van der Waals surface area (Å²) in [5, 5.41) is 2.84. The molecule has 0 radical (unpaired) electrons. The zero-order chi connectivity index (χ0) is 19.4. The van der Waals surface area contributed by atoms with Gasteiger partial charge >= 0.3 is 0 Å². The maximum atomic E-state index is 12.8. The smallest absolute Gasteiger partial charge is 0.243 e. The van der Waals surface area contributed by atoms with E-state index in [1.54, 1.807) is 7.05 Å². The van der Waals surface area contributed by atoms with Gasteiger partial charge in [-0.25, -0.2) is 0 Å². The van der Waals surface area contributed by atoms with Crippen LogP contribution in [0.2, 0.25) is 0 Å². The molecule has 2 aromatic rings. The zero-order valence-electron chi connectivity index (χ0n) is 16.2. The van der Waals surface area contributed by atoms with Crippen LogP contribution in [0.4, 0.5) is 5.69 Å². The Morgan fingerprint density at radius 3 is 2.48 bits per heavy atom. The van der Waals surface area contributed by atoms with Crippen molar-refractivity contribution < 1.29 is 9.59 Å². The lowest BCUT2D eigenvalue weighted by molar-refractivity contribution is -0.138. The summed E-state index contributed by atoms with van der Waals surface area (Å²) in [4.78, 5) is 28.7.